The van der Waals surface area contributed by atoms with Gasteiger partial charge in [-0.3, -0.25) is 4.79 Å². The van der Waals surface area contributed by atoms with E-state index in [-0.39, 0.29) is 12.5 Å². The van der Waals surface area contributed by atoms with Gasteiger partial charge in [-0.2, -0.15) is 0 Å². The molecule has 0 fully saturated rings. The number of carbonyl (C=O) groups excluding carboxylic acids is 1. The zero-order valence-corrected chi connectivity index (χ0v) is 17.6. The number of aromatic nitrogens is 2. The average Bonchev–Trinajstić information content (AvgIpc) is 2.73. The summed E-state index contributed by atoms with van der Waals surface area (Å²) in [6.07, 6.45) is 5.41. The number of carbonyl (C=O) groups is 1. The predicted octanol–water partition coefficient (Wildman–Crippen LogP) is 3.94. The van der Waals surface area contributed by atoms with Crippen LogP contribution >= 0.6 is 11.8 Å². The molecule has 7 heteroatoms. The molecule has 0 unspecified atom stereocenters. The molecule has 29 heavy (non-hydrogen) atoms. The fraction of sp³-hybridized carbons (Fsp3) is 0.227. The number of benzene rings is 2. The van der Waals surface area contributed by atoms with Gasteiger partial charge in [-0.05, 0) is 56.7 Å². The molecule has 3 aromatic rings. The summed E-state index contributed by atoms with van der Waals surface area (Å²) >= 11 is 1.59. The summed E-state index contributed by atoms with van der Waals surface area (Å²) in [5.41, 5.74) is 2.67. The van der Waals surface area contributed by atoms with Gasteiger partial charge < -0.3 is 15.0 Å². The monoisotopic (exact) mass is 408 g/mol. The maximum Gasteiger partial charge on any atom is 0.262 e. The van der Waals surface area contributed by atoms with E-state index >= 15 is 0 Å². The van der Waals surface area contributed by atoms with Gasteiger partial charge >= 0.3 is 0 Å². The van der Waals surface area contributed by atoms with E-state index in [0.29, 0.717) is 18.1 Å². The van der Waals surface area contributed by atoms with Crippen LogP contribution in [-0.2, 0) is 11.3 Å². The number of hydrogen-bond acceptors (Lipinski definition) is 6. The summed E-state index contributed by atoms with van der Waals surface area (Å²) in [7, 11) is 3.98. The van der Waals surface area contributed by atoms with Crippen LogP contribution in [-0.4, -0.2) is 47.7 Å². The third-order valence-electron chi connectivity index (χ3n) is 4.11. The van der Waals surface area contributed by atoms with Crippen LogP contribution in [0.1, 0.15) is 5.56 Å². The Morgan fingerprint density at radius 1 is 1.10 bits per heavy atom. The summed E-state index contributed by atoms with van der Waals surface area (Å²) < 4.78 is 5.85. The Kier molecular flexibility index (Phi) is 7.21. The molecule has 0 aliphatic carbocycles. The van der Waals surface area contributed by atoms with Crippen molar-refractivity contribution in [2.24, 2.45) is 0 Å². The minimum absolute atomic E-state index is 0.0652. The number of hydrogen-bond donors (Lipinski definition) is 1. The van der Waals surface area contributed by atoms with Crippen molar-refractivity contribution in [1.29, 1.82) is 0 Å². The molecule has 0 atom stereocenters. The van der Waals surface area contributed by atoms with E-state index in [1.54, 1.807) is 30.2 Å². The Bertz CT molecular complexity index is 964. The summed E-state index contributed by atoms with van der Waals surface area (Å²) in [6.45, 7) is 0.608. The minimum atomic E-state index is -0.197. The molecule has 2 aromatic carbocycles. The van der Waals surface area contributed by atoms with Crippen LogP contribution in [0.4, 0.5) is 5.69 Å². The molecule has 1 heterocycles. The maximum atomic E-state index is 12.4. The van der Waals surface area contributed by atoms with Gasteiger partial charge in [-0.15, -0.1) is 11.8 Å². The van der Waals surface area contributed by atoms with Gasteiger partial charge in [0.25, 0.3) is 5.91 Å². The van der Waals surface area contributed by atoms with Gasteiger partial charge in [0.1, 0.15) is 5.75 Å². The molecule has 0 bridgehead atoms. The molecule has 0 aliphatic heterocycles. The zero-order valence-electron chi connectivity index (χ0n) is 16.8. The Labute approximate surface area is 175 Å². The first-order chi connectivity index (χ1) is 14.1. The van der Waals surface area contributed by atoms with Gasteiger partial charge in [0.15, 0.2) is 12.4 Å². The van der Waals surface area contributed by atoms with Crippen LogP contribution in [0.25, 0.3) is 11.4 Å². The number of nitrogens with one attached hydrogen (secondary N) is 1. The molecule has 0 radical (unpaired) electrons. The van der Waals surface area contributed by atoms with Crippen LogP contribution in [0.2, 0.25) is 0 Å². The van der Waals surface area contributed by atoms with Crippen molar-refractivity contribution in [3.8, 4) is 17.1 Å². The van der Waals surface area contributed by atoms with Crippen molar-refractivity contribution < 1.29 is 9.53 Å². The van der Waals surface area contributed by atoms with Crippen molar-refractivity contribution in [2.75, 3.05) is 32.3 Å². The van der Waals surface area contributed by atoms with E-state index < -0.39 is 0 Å². The number of rotatable bonds is 8. The summed E-state index contributed by atoms with van der Waals surface area (Å²) in [5.74, 6) is 1.13. The van der Waals surface area contributed by atoms with Crippen molar-refractivity contribution in [2.45, 2.75) is 11.4 Å². The SMILES string of the molecule is CSc1ccccc1NC(=O)COc1ccc(-c2ncccn2)cc1CN(C)C. The Morgan fingerprint density at radius 3 is 2.59 bits per heavy atom. The van der Waals surface area contributed by atoms with Crippen LogP contribution in [0.5, 0.6) is 5.75 Å². The van der Waals surface area contributed by atoms with Gasteiger partial charge in [0.2, 0.25) is 0 Å². The lowest BCUT2D eigenvalue weighted by molar-refractivity contribution is -0.118. The second-order valence-corrected chi connectivity index (χ2v) is 7.52. The van der Waals surface area contributed by atoms with Crippen LogP contribution < -0.4 is 10.1 Å². The number of amides is 1. The van der Waals surface area contributed by atoms with Crippen molar-refractivity contribution in [1.82, 2.24) is 14.9 Å². The fourth-order valence-corrected chi connectivity index (χ4v) is 3.40. The van der Waals surface area contributed by atoms with E-state index in [1.165, 1.54) is 0 Å². The van der Waals surface area contributed by atoms with E-state index in [2.05, 4.69) is 15.3 Å². The zero-order chi connectivity index (χ0) is 20.6. The molecule has 1 aromatic heterocycles. The molecule has 150 valence electrons. The fourth-order valence-electron chi connectivity index (χ4n) is 2.85. The van der Waals surface area contributed by atoms with Gasteiger partial charge in [-0.1, -0.05) is 12.1 Å². The second-order valence-electron chi connectivity index (χ2n) is 6.67. The molecule has 6 nitrogen and oxygen atoms in total. The molecule has 1 N–H and O–H groups in total. The Morgan fingerprint density at radius 2 is 1.86 bits per heavy atom. The van der Waals surface area contributed by atoms with E-state index in [0.717, 1.165) is 21.7 Å². The molecular formula is C22H24N4O2S. The quantitative estimate of drug-likeness (QED) is 0.570. The van der Waals surface area contributed by atoms with Crippen molar-refractivity contribution >= 4 is 23.4 Å². The van der Waals surface area contributed by atoms with E-state index in [9.17, 15) is 4.79 Å². The lowest BCUT2D eigenvalue weighted by atomic mass is 10.1. The van der Waals surface area contributed by atoms with Gasteiger partial charge in [0, 0.05) is 35.0 Å². The smallest absolute Gasteiger partial charge is 0.262 e. The average molecular weight is 409 g/mol. The highest BCUT2D eigenvalue weighted by Crippen LogP contribution is 2.27. The van der Waals surface area contributed by atoms with Crippen LogP contribution in [0.15, 0.2) is 65.8 Å². The molecule has 1 amide bonds. The molecule has 3 rings (SSSR count). The highest BCUT2D eigenvalue weighted by atomic mass is 32.2. The first-order valence-electron chi connectivity index (χ1n) is 9.17. The molecule has 0 aliphatic rings. The van der Waals surface area contributed by atoms with Crippen molar-refractivity contribution in [3.05, 3.63) is 66.5 Å². The van der Waals surface area contributed by atoms with E-state index in [4.69, 9.17) is 4.74 Å². The topological polar surface area (TPSA) is 67.3 Å². The number of anilines is 1. The lowest BCUT2D eigenvalue weighted by Gasteiger charge is -2.16. The van der Waals surface area contributed by atoms with Gasteiger partial charge in [-0.25, -0.2) is 9.97 Å². The van der Waals surface area contributed by atoms with E-state index in [1.807, 2.05) is 67.7 Å². The lowest BCUT2D eigenvalue weighted by Crippen LogP contribution is -2.21. The second kappa shape index (κ2) is 10.0. The third-order valence-corrected chi connectivity index (χ3v) is 4.91. The Balaban J connectivity index is 1.73. The molecular weight excluding hydrogens is 384 g/mol. The molecule has 0 saturated carbocycles. The van der Waals surface area contributed by atoms with Crippen LogP contribution in [0.3, 0.4) is 0 Å². The number of para-hydroxylation sites is 1. The standard InChI is InChI=1S/C22H24N4O2S/c1-26(2)14-17-13-16(22-23-11-6-12-24-22)9-10-19(17)28-15-21(27)25-18-7-4-5-8-20(18)29-3/h4-13H,14-15H2,1-3H3,(H,25,27). The minimum Gasteiger partial charge on any atom is -0.483 e. The summed E-state index contributed by atoms with van der Waals surface area (Å²) in [4.78, 5) is 24.1. The maximum absolute atomic E-state index is 12.4. The van der Waals surface area contributed by atoms with Crippen LogP contribution in [0, 0.1) is 0 Å². The first-order valence-corrected chi connectivity index (χ1v) is 10.4. The first kappa shape index (κ1) is 20.8. The highest BCUT2D eigenvalue weighted by molar-refractivity contribution is 7.98. The molecule has 0 spiro atoms. The number of nitrogens with zero attached hydrogens (tertiary/aromatic N) is 3. The summed E-state index contributed by atoms with van der Waals surface area (Å²) in [5, 5.41) is 2.91. The largest absolute Gasteiger partial charge is 0.483 e. The predicted molar refractivity (Wildman–Crippen MR) is 117 cm³/mol. The summed E-state index contributed by atoms with van der Waals surface area (Å²) in [6, 6.07) is 15.3. The molecule has 0 saturated heterocycles. The Hall–Kier alpha value is -2.90. The third kappa shape index (κ3) is 5.79. The highest BCUT2D eigenvalue weighted by Gasteiger charge is 2.12. The number of ether oxygens (including phenoxy) is 1. The number of thioether (sulfide) groups is 1. The normalized spacial score (nSPS) is 10.8. The van der Waals surface area contributed by atoms with Gasteiger partial charge in [0.05, 0.1) is 5.69 Å². The van der Waals surface area contributed by atoms with Crippen molar-refractivity contribution in [3.63, 3.8) is 0 Å².